The Bertz CT molecular complexity index is 972. The molecule has 1 unspecified atom stereocenters. The quantitative estimate of drug-likeness (QED) is 0.487. The van der Waals surface area contributed by atoms with Crippen molar-refractivity contribution in [3.8, 4) is 0 Å². The van der Waals surface area contributed by atoms with Crippen LogP contribution in [0.2, 0.25) is 0 Å². The molecule has 3 heterocycles. The number of halogens is 1. The van der Waals surface area contributed by atoms with Gasteiger partial charge in [0.2, 0.25) is 0 Å². The molecule has 3 N–H and O–H groups in total. The van der Waals surface area contributed by atoms with Gasteiger partial charge in [0, 0.05) is 37.2 Å². The molecule has 1 atom stereocenters. The molecule has 0 spiro atoms. The molecule has 27 heavy (non-hydrogen) atoms. The fraction of sp³-hybridized carbons (Fsp3) is 0.421. The highest BCUT2D eigenvalue weighted by molar-refractivity contribution is 5.83. The normalized spacial score (nSPS) is 17.1. The number of aromatic nitrogens is 4. The van der Waals surface area contributed by atoms with Crippen molar-refractivity contribution in [3.63, 3.8) is 0 Å². The van der Waals surface area contributed by atoms with Crippen molar-refractivity contribution in [3.05, 3.63) is 47.4 Å². The average molecular weight is 369 g/mol. The molecule has 0 bridgehead atoms. The van der Waals surface area contributed by atoms with Gasteiger partial charge >= 0.3 is 0 Å². The Morgan fingerprint density at radius 3 is 3.19 bits per heavy atom. The first kappa shape index (κ1) is 17.5. The average Bonchev–Trinajstić information content (AvgIpc) is 3.23. The molecule has 1 aromatic carbocycles. The molecule has 7 nitrogen and oxygen atoms in total. The monoisotopic (exact) mass is 369 g/mol. The van der Waals surface area contributed by atoms with E-state index < -0.39 is 0 Å². The van der Waals surface area contributed by atoms with E-state index in [0.29, 0.717) is 6.54 Å². The second-order valence-electron chi connectivity index (χ2n) is 6.83. The summed E-state index contributed by atoms with van der Waals surface area (Å²) in [6.45, 7) is 3.53. The van der Waals surface area contributed by atoms with E-state index in [2.05, 4.69) is 30.7 Å². The molecule has 0 saturated heterocycles. The van der Waals surface area contributed by atoms with Gasteiger partial charge < -0.3 is 15.6 Å². The lowest BCUT2D eigenvalue weighted by atomic mass is 10.1. The molecule has 1 aliphatic rings. The van der Waals surface area contributed by atoms with Crippen LogP contribution >= 0.6 is 0 Å². The first-order chi connectivity index (χ1) is 13.1. The van der Waals surface area contributed by atoms with E-state index in [1.54, 1.807) is 19.2 Å². The van der Waals surface area contributed by atoms with Crippen LogP contribution in [0.15, 0.2) is 29.4 Å². The van der Waals surface area contributed by atoms with Crippen molar-refractivity contribution in [1.29, 1.82) is 0 Å². The van der Waals surface area contributed by atoms with Gasteiger partial charge in [-0.1, -0.05) is 0 Å². The number of rotatable bonds is 4. The Kier molecular flexibility index (Phi) is 4.79. The maximum Gasteiger partial charge on any atom is 0.191 e. The highest BCUT2D eigenvalue weighted by atomic mass is 19.1. The summed E-state index contributed by atoms with van der Waals surface area (Å²) in [5.74, 6) is 2.28. The molecule has 4 rings (SSSR count). The van der Waals surface area contributed by atoms with E-state index in [1.807, 2.05) is 17.8 Å². The van der Waals surface area contributed by atoms with Crippen molar-refractivity contribution in [2.45, 2.75) is 38.8 Å². The summed E-state index contributed by atoms with van der Waals surface area (Å²) in [4.78, 5) is 12.1. The number of H-pyrrole nitrogens is 1. The van der Waals surface area contributed by atoms with Crippen molar-refractivity contribution in [2.24, 2.45) is 4.99 Å². The number of fused-ring (bicyclic) bond motifs is 2. The van der Waals surface area contributed by atoms with E-state index in [4.69, 9.17) is 0 Å². The number of aliphatic imine (C=N–C) groups is 1. The lowest BCUT2D eigenvalue weighted by Gasteiger charge is -2.25. The Morgan fingerprint density at radius 1 is 1.44 bits per heavy atom. The minimum atomic E-state index is -0.217. The highest BCUT2D eigenvalue weighted by Gasteiger charge is 2.24. The SMILES string of the molecule is CN=C(NCCc1c[nH]c2ccc(F)cc12)NC1CCCn2nc(C)nc21. The van der Waals surface area contributed by atoms with Gasteiger partial charge in [0.15, 0.2) is 5.96 Å². The smallest absolute Gasteiger partial charge is 0.191 e. The van der Waals surface area contributed by atoms with Crippen LogP contribution in [0.4, 0.5) is 4.39 Å². The number of nitrogens with zero attached hydrogens (tertiary/aromatic N) is 4. The first-order valence-electron chi connectivity index (χ1n) is 9.28. The number of guanidine groups is 1. The number of hydrogen-bond donors (Lipinski definition) is 3. The molecule has 3 aromatic rings. The van der Waals surface area contributed by atoms with Crippen LogP contribution in [-0.4, -0.2) is 39.3 Å². The molecular formula is C19H24FN7. The number of aryl methyl sites for hydroxylation is 2. The van der Waals surface area contributed by atoms with Gasteiger partial charge in [-0.2, -0.15) is 5.10 Å². The van der Waals surface area contributed by atoms with Crippen LogP contribution in [0.5, 0.6) is 0 Å². The van der Waals surface area contributed by atoms with Crippen LogP contribution in [-0.2, 0) is 13.0 Å². The van der Waals surface area contributed by atoms with Gasteiger partial charge in [0.05, 0.1) is 6.04 Å². The lowest BCUT2D eigenvalue weighted by Crippen LogP contribution is -2.42. The Labute approximate surface area is 157 Å². The summed E-state index contributed by atoms with van der Waals surface area (Å²) in [7, 11) is 1.76. The lowest BCUT2D eigenvalue weighted by molar-refractivity contribution is 0.398. The van der Waals surface area contributed by atoms with Gasteiger partial charge in [0.25, 0.3) is 0 Å². The van der Waals surface area contributed by atoms with Crippen LogP contribution in [0.1, 0.15) is 36.1 Å². The summed E-state index contributed by atoms with van der Waals surface area (Å²) < 4.78 is 15.5. The Morgan fingerprint density at radius 2 is 2.33 bits per heavy atom. The molecule has 0 saturated carbocycles. The van der Waals surface area contributed by atoms with Crippen LogP contribution < -0.4 is 10.6 Å². The third kappa shape index (κ3) is 3.65. The third-order valence-corrected chi connectivity index (χ3v) is 4.93. The van der Waals surface area contributed by atoms with Gasteiger partial charge in [-0.25, -0.2) is 14.1 Å². The number of nitrogens with one attached hydrogen (secondary N) is 3. The van der Waals surface area contributed by atoms with Gasteiger partial charge in [-0.15, -0.1) is 0 Å². The van der Waals surface area contributed by atoms with Crippen LogP contribution in [0, 0.1) is 12.7 Å². The zero-order valence-corrected chi connectivity index (χ0v) is 15.6. The summed E-state index contributed by atoms with van der Waals surface area (Å²) >= 11 is 0. The minimum absolute atomic E-state index is 0.105. The molecule has 0 fully saturated rings. The van der Waals surface area contributed by atoms with Gasteiger partial charge in [-0.05, 0) is 49.9 Å². The van der Waals surface area contributed by atoms with Crippen molar-refractivity contribution in [2.75, 3.05) is 13.6 Å². The second kappa shape index (κ2) is 7.38. The predicted molar refractivity (Wildman–Crippen MR) is 103 cm³/mol. The fourth-order valence-corrected chi connectivity index (χ4v) is 3.64. The maximum absolute atomic E-state index is 13.5. The second-order valence-corrected chi connectivity index (χ2v) is 6.83. The maximum atomic E-state index is 13.5. The van der Waals surface area contributed by atoms with E-state index in [-0.39, 0.29) is 11.9 Å². The van der Waals surface area contributed by atoms with Crippen molar-refractivity contribution in [1.82, 2.24) is 30.4 Å². The number of aromatic amines is 1. The Hall–Kier alpha value is -2.90. The predicted octanol–water partition coefficient (Wildman–Crippen LogP) is 2.45. The molecule has 0 amide bonds. The van der Waals surface area contributed by atoms with Gasteiger partial charge in [0.1, 0.15) is 17.5 Å². The molecule has 142 valence electrons. The standard InChI is InChI=1S/C19H24FN7/c1-12-24-18-17(4-3-9-27(18)26-12)25-19(21-2)22-8-7-13-11-23-16-6-5-14(20)10-15(13)16/h5-6,10-11,17,23H,3-4,7-9H2,1-2H3,(H2,21,22,25). The largest absolute Gasteiger partial charge is 0.361 e. The fourth-order valence-electron chi connectivity index (χ4n) is 3.64. The number of hydrogen-bond acceptors (Lipinski definition) is 3. The minimum Gasteiger partial charge on any atom is -0.361 e. The third-order valence-electron chi connectivity index (χ3n) is 4.93. The van der Waals surface area contributed by atoms with E-state index >= 15 is 0 Å². The zero-order chi connectivity index (χ0) is 18.8. The number of benzene rings is 1. The first-order valence-corrected chi connectivity index (χ1v) is 9.28. The summed E-state index contributed by atoms with van der Waals surface area (Å²) in [6, 6.07) is 4.92. The highest BCUT2D eigenvalue weighted by Crippen LogP contribution is 2.23. The summed E-state index contributed by atoms with van der Waals surface area (Å²) in [6.07, 6.45) is 4.77. The zero-order valence-electron chi connectivity index (χ0n) is 15.6. The molecule has 1 aliphatic heterocycles. The Balaban J connectivity index is 1.38. The molecule has 0 aliphatic carbocycles. The molecule has 0 radical (unpaired) electrons. The molecular weight excluding hydrogens is 345 g/mol. The van der Waals surface area contributed by atoms with Crippen LogP contribution in [0.3, 0.4) is 0 Å². The topological polar surface area (TPSA) is 82.9 Å². The van der Waals surface area contributed by atoms with E-state index in [1.165, 1.54) is 6.07 Å². The van der Waals surface area contributed by atoms with Crippen molar-refractivity contribution < 1.29 is 4.39 Å². The summed E-state index contributed by atoms with van der Waals surface area (Å²) in [5, 5.41) is 12.2. The van der Waals surface area contributed by atoms with Gasteiger partial charge in [-0.3, -0.25) is 4.99 Å². The van der Waals surface area contributed by atoms with Crippen LogP contribution in [0.25, 0.3) is 10.9 Å². The molecule has 8 heteroatoms. The van der Waals surface area contributed by atoms with E-state index in [9.17, 15) is 4.39 Å². The molecule has 2 aromatic heterocycles. The summed E-state index contributed by atoms with van der Waals surface area (Å²) in [5.41, 5.74) is 2.03. The van der Waals surface area contributed by atoms with Crippen molar-refractivity contribution >= 4 is 16.9 Å². The van der Waals surface area contributed by atoms with E-state index in [0.717, 1.165) is 59.9 Å².